The van der Waals surface area contributed by atoms with Crippen LogP contribution in [0.15, 0.2) is 9.85 Å². The number of carboxylic acids is 1. The summed E-state index contributed by atoms with van der Waals surface area (Å²) in [5.74, 6) is 0.0646. The van der Waals surface area contributed by atoms with Gasteiger partial charge in [-0.05, 0) is 33.6 Å². The molecule has 102 valence electrons. The Hall–Kier alpha value is -0.660. The van der Waals surface area contributed by atoms with Crippen molar-refractivity contribution in [2.45, 2.75) is 49.5 Å². The van der Waals surface area contributed by atoms with Gasteiger partial charge >= 0.3 is 5.97 Å². The Labute approximate surface area is 115 Å². The molecule has 1 atom stereocenters. The standard InChI is InChI=1S/C11H19N3O2S2/c1-8(2)13-11(3,9(15)16)5-4-6-17-10-14-12-7-18-10/h7-8,13H,4-6H2,1-3H3,(H,15,16). The van der Waals surface area contributed by atoms with Gasteiger partial charge in [0.15, 0.2) is 4.34 Å². The zero-order valence-corrected chi connectivity index (χ0v) is 12.5. The van der Waals surface area contributed by atoms with Gasteiger partial charge in [0.25, 0.3) is 0 Å². The molecule has 0 saturated carbocycles. The number of thioether (sulfide) groups is 1. The van der Waals surface area contributed by atoms with E-state index in [0.29, 0.717) is 6.42 Å². The molecule has 0 aliphatic rings. The Morgan fingerprint density at radius 1 is 1.67 bits per heavy atom. The number of aliphatic carboxylic acids is 1. The van der Waals surface area contributed by atoms with Crippen LogP contribution in [0.25, 0.3) is 0 Å². The number of nitrogens with one attached hydrogen (secondary N) is 1. The van der Waals surface area contributed by atoms with E-state index in [1.165, 1.54) is 11.3 Å². The Morgan fingerprint density at radius 2 is 2.39 bits per heavy atom. The van der Waals surface area contributed by atoms with Crippen LogP contribution >= 0.6 is 23.1 Å². The smallest absolute Gasteiger partial charge is 0.323 e. The molecular formula is C11H19N3O2S2. The fourth-order valence-electron chi connectivity index (χ4n) is 1.69. The first-order valence-corrected chi connectivity index (χ1v) is 7.70. The molecule has 0 radical (unpaired) electrons. The van der Waals surface area contributed by atoms with Crippen LogP contribution in [0.5, 0.6) is 0 Å². The number of nitrogens with zero attached hydrogens (tertiary/aromatic N) is 2. The minimum Gasteiger partial charge on any atom is -0.480 e. The van der Waals surface area contributed by atoms with Crippen LogP contribution in [0.3, 0.4) is 0 Å². The van der Waals surface area contributed by atoms with Crippen molar-refractivity contribution in [2.75, 3.05) is 5.75 Å². The molecular weight excluding hydrogens is 270 g/mol. The third kappa shape index (κ3) is 4.91. The average Bonchev–Trinajstić information content (AvgIpc) is 2.76. The highest BCUT2D eigenvalue weighted by molar-refractivity contribution is 8.00. The van der Waals surface area contributed by atoms with Crippen LogP contribution < -0.4 is 5.32 Å². The summed E-state index contributed by atoms with van der Waals surface area (Å²) in [4.78, 5) is 11.3. The van der Waals surface area contributed by atoms with Crippen LogP contribution in [-0.4, -0.2) is 38.6 Å². The third-order valence-corrected chi connectivity index (χ3v) is 4.41. The zero-order chi connectivity index (χ0) is 13.6. The SMILES string of the molecule is CC(C)NC(C)(CCCSc1nncs1)C(=O)O. The number of aromatic nitrogens is 2. The fraction of sp³-hybridized carbons (Fsp3) is 0.727. The maximum atomic E-state index is 11.3. The Morgan fingerprint density at radius 3 is 2.89 bits per heavy atom. The molecule has 0 aliphatic heterocycles. The van der Waals surface area contributed by atoms with Gasteiger partial charge in [-0.2, -0.15) is 0 Å². The molecule has 1 heterocycles. The molecule has 1 aromatic rings. The van der Waals surface area contributed by atoms with Gasteiger partial charge in [-0.1, -0.05) is 23.1 Å². The van der Waals surface area contributed by atoms with E-state index in [1.807, 2.05) is 13.8 Å². The van der Waals surface area contributed by atoms with Crippen molar-refractivity contribution in [3.05, 3.63) is 5.51 Å². The molecule has 0 amide bonds. The Bertz CT molecular complexity index is 370. The molecule has 0 aromatic carbocycles. The van der Waals surface area contributed by atoms with Crippen molar-refractivity contribution < 1.29 is 9.90 Å². The molecule has 0 fully saturated rings. The van der Waals surface area contributed by atoms with Crippen molar-refractivity contribution >= 4 is 29.1 Å². The van der Waals surface area contributed by atoms with Gasteiger partial charge in [0.2, 0.25) is 0 Å². The first kappa shape index (κ1) is 15.4. The van der Waals surface area contributed by atoms with Crippen molar-refractivity contribution in [3.8, 4) is 0 Å². The molecule has 1 unspecified atom stereocenters. The highest BCUT2D eigenvalue weighted by Crippen LogP contribution is 2.22. The van der Waals surface area contributed by atoms with E-state index in [9.17, 15) is 9.90 Å². The first-order chi connectivity index (χ1) is 8.44. The summed E-state index contributed by atoms with van der Waals surface area (Å²) in [6.07, 6.45) is 1.43. The number of hydrogen-bond donors (Lipinski definition) is 2. The average molecular weight is 289 g/mol. The number of hydrogen-bond acceptors (Lipinski definition) is 6. The van der Waals surface area contributed by atoms with Crippen LogP contribution in [0.2, 0.25) is 0 Å². The van der Waals surface area contributed by atoms with E-state index in [1.54, 1.807) is 24.2 Å². The molecule has 0 aliphatic carbocycles. The van der Waals surface area contributed by atoms with E-state index in [4.69, 9.17) is 0 Å². The quantitative estimate of drug-likeness (QED) is 0.565. The largest absolute Gasteiger partial charge is 0.480 e. The topological polar surface area (TPSA) is 75.1 Å². The van der Waals surface area contributed by atoms with Gasteiger partial charge < -0.3 is 5.11 Å². The van der Waals surface area contributed by atoms with Crippen molar-refractivity contribution in [1.82, 2.24) is 15.5 Å². The lowest BCUT2D eigenvalue weighted by molar-refractivity contribution is -0.144. The summed E-state index contributed by atoms with van der Waals surface area (Å²) in [7, 11) is 0. The number of carboxylic acid groups (broad SMARTS) is 1. The lowest BCUT2D eigenvalue weighted by Crippen LogP contribution is -2.52. The second kappa shape index (κ2) is 7.06. The second-order valence-electron chi connectivity index (χ2n) is 4.59. The minimum absolute atomic E-state index is 0.155. The predicted molar refractivity (Wildman–Crippen MR) is 74.2 cm³/mol. The van der Waals surface area contributed by atoms with Gasteiger partial charge in [-0.3, -0.25) is 10.1 Å². The van der Waals surface area contributed by atoms with Crippen molar-refractivity contribution in [2.24, 2.45) is 0 Å². The fourth-order valence-corrected chi connectivity index (χ4v) is 3.19. The first-order valence-electron chi connectivity index (χ1n) is 5.84. The zero-order valence-electron chi connectivity index (χ0n) is 10.8. The van der Waals surface area contributed by atoms with Crippen LogP contribution in [0.1, 0.15) is 33.6 Å². The Kier molecular flexibility index (Phi) is 6.04. The predicted octanol–water partition coefficient (Wildman–Crippen LogP) is 2.25. The molecule has 0 spiro atoms. The molecule has 1 aromatic heterocycles. The normalized spacial score (nSPS) is 14.7. The third-order valence-electron chi connectivity index (χ3n) is 2.47. The number of rotatable bonds is 8. The van der Waals surface area contributed by atoms with Crippen LogP contribution in [0, 0.1) is 0 Å². The summed E-state index contributed by atoms with van der Waals surface area (Å²) in [5.41, 5.74) is 0.847. The van der Waals surface area contributed by atoms with Gasteiger partial charge in [0, 0.05) is 11.8 Å². The molecule has 5 nitrogen and oxygen atoms in total. The maximum absolute atomic E-state index is 11.3. The van der Waals surface area contributed by atoms with Crippen molar-refractivity contribution in [3.63, 3.8) is 0 Å². The Balaban J connectivity index is 2.36. The summed E-state index contributed by atoms with van der Waals surface area (Å²) in [6.45, 7) is 5.65. The molecule has 7 heteroatoms. The highest BCUT2D eigenvalue weighted by Gasteiger charge is 2.32. The van der Waals surface area contributed by atoms with E-state index in [-0.39, 0.29) is 6.04 Å². The van der Waals surface area contributed by atoms with Crippen LogP contribution in [0.4, 0.5) is 0 Å². The molecule has 0 bridgehead atoms. The van der Waals surface area contributed by atoms with E-state index >= 15 is 0 Å². The molecule has 2 N–H and O–H groups in total. The maximum Gasteiger partial charge on any atom is 0.323 e. The summed E-state index contributed by atoms with van der Waals surface area (Å²) in [6, 6.07) is 0.155. The summed E-state index contributed by atoms with van der Waals surface area (Å²) in [5, 5.41) is 20.1. The van der Waals surface area contributed by atoms with Crippen molar-refractivity contribution in [1.29, 1.82) is 0 Å². The monoisotopic (exact) mass is 289 g/mol. The second-order valence-corrected chi connectivity index (χ2v) is 6.77. The van der Waals surface area contributed by atoms with Gasteiger partial charge in [0.05, 0.1) is 0 Å². The van der Waals surface area contributed by atoms with Gasteiger partial charge in [-0.25, -0.2) is 0 Å². The molecule has 1 rings (SSSR count). The highest BCUT2D eigenvalue weighted by atomic mass is 32.2. The molecule has 0 saturated heterocycles. The van der Waals surface area contributed by atoms with Gasteiger partial charge in [-0.15, -0.1) is 10.2 Å². The van der Waals surface area contributed by atoms with Crippen LogP contribution in [-0.2, 0) is 4.79 Å². The lowest BCUT2D eigenvalue weighted by Gasteiger charge is -2.28. The van der Waals surface area contributed by atoms with E-state index in [0.717, 1.165) is 16.5 Å². The van der Waals surface area contributed by atoms with E-state index < -0.39 is 11.5 Å². The molecule has 18 heavy (non-hydrogen) atoms. The van der Waals surface area contributed by atoms with E-state index in [2.05, 4.69) is 15.5 Å². The summed E-state index contributed by atoms with van der Waals surface area (Å²) >= 11 is 3.13. The number of carbonyl (C=O) groups is 1. The summed E-state index contributed by atoms with van der Waals surface area (Å²) < 4.78 is 0.934. The lowest BCUT2D eigenvalue weighted by atomic mass is 9.95. The minimum atomic E-state index is -0.851. The van der Waals surface area contributed by atoms with Gasteiger partial charge in [0.1, 0.15) is 11.0 Å².